The lowest BCUT2D eigenvalue weighted by Gasteiger charge is -2.12. The van der Waals surface area contributed by atoms with Crippen LogP contribution in [0.25, 0.3) is 5.69 Å². The molecule has 3 rings (SSSR count). The first-order chi connectivity index (χ1) is 10.4. The predicted octanol–water partition coefficient (Wildman–Crippen LogP) is 2.17. The topological polar surface area (TPSA) is 55.6 Å². The van der Waals surface area contributed by atoms with Gasteiger partial charge in [-0.2, -0.15) is 15.0 Å². The van der Waals surface area contributed by atoms with E-state index in [4.69, 9.17) is 0 Å². The first-order valence-electron chi connectivity index (χ1n) is 6.91. The SMILES string of the molecule is CNC(Cc1ccccn1)c1cnn(-c2ccccc2)n1. The third-order valence-corrected chi connectivity index (χ3v) is 3.34. The van der Waals surface area contributed by atoms with Crippen molar-refractivity contribution in [2.45, 2.75) is 12.5 Å². The van der Waals surface area contributed by atoms with Gasteiger partial charge in [-0.3, -0.25) is 4.98 Å². The minimum atomic E-state index is 0.0948. The van der Waals surface area contributed by atoms with Crippen molar-refractivity contribution in [1.29, 1.82) is 0 Å². The van der Waals surface area contributed by atoms with Crippen molar-refractivity contribution < 1.29 is 0 Å². The van der Waals surface area contributed by atoms with E-state index in [1.165, 1.54) is 0 Å². The van der Waals surface area contributed by atoms with Gasteiger partial charge >= 0.3 is 0 Å². The average Bonchev–Trinajstić information content (AvgIpc) is 3.04. The number of hydrogen-bond donors (Lipinski definition) is 1. The van der Waals surface area contributed by atoms with Crippen LogP contribution in [0.2, 0.25) is 0 Å². The number of rotatable bonds is 5. The molecule has 0 aliphatic carbocycles. The molecular weight excluding hydrogens is 262 g/mol. The number of hydrogen-bond acceptors (Lipinski definition) is 4. The van der Waals surface area contributed by atoms with E-state index < -0.39 is 0 Å². The Morgan fingerprint density at radius 1 is 1.10 bits per heavy atom. The van der Waals surface area contributed by atoms with Crippen LogP contribution < -0.4 is 5.32 Å². The molecule has 0 radical (unpaired) electrons. The Morgan fingerprint density at radius 2 is 1.90 bits per heavy atom. The van der Waals surface area contributed by atoms with Crippen LogP contribution in [0, 0.1) is 0 Å². The summed E-state index contributed by atoms with van der Waals surface area (Å²) in [6.07, 6.45) is 4.39. The lowest BCUT2D eigenvalue weighted by Crippen LogP contribution is -2.20. The molecule has 0 spiro atoms. The van der Waals surface area contributed by atoms with Crippen LogP contribution in [-0.4, -0.2) is 27.0 Å². The number of nitrogens with one attached hydrogen (secondary N) is 1. The molecule has 0 bridgehead atoms. The molecule has 5 heteroatoms. The molecule has 0 saturated carbocycles. The minimum absolute atomic E-state index is 0.0948. The lowest BCUT2D eigenvalue weighted by molar-refractivity contribution is 0.561. The third kappa shape index (κ3) is 3.14. The van der Waals surface area contributed by atoms with Gasteiger partial charge in [0.25, 0.3) is 0 Å². The van der Waals surface area contributed by atoms with Gasteiger partial charge < -0.3 is 5.32 Å². The van der Waals surface area contributed by atoms with Crippen LogP contribution in [0.15, 0.2) is 60.9 Å². The third-order valence-electron chi connectivity index (χ3n) is 3.34. The lowest BCUT2D eigenvalue weighted by atomic mass is 10.1. The quantitative estimate of drug-likeness (QED) is 0.777. The van der Waals surface area contributed by atoms with Crippen LogP contribution in [0.4, 0.5) is 0 Å². The van der Waals surface area contributed by atoms with Crippen molar-refractivity contribution in [2.24, 2.45) is 0 Å². The Bertz CT molecular complexity index is 678. The Kier molecular flexibility index (Phi) is 4.02. The monoisotopic (exact) mass is 279 g/mol. The fraction of sp³-hybridized carbons (Fsp3) is 0.188. The maximum atomic E-state index is 4.56. The Morgan fingerprint density at radius 3 is 2.62 bits per heavy atom. The first-order valence-corrected chi connectivity index (χ1v) is 6.91. The molecule has 21 heavy (non-hydrogen) atoms. The van der Waals surface area contributed by atoms with Crippen molar-refractivity contribution in [3.63, 3.8) is 0 Å². The smallest absolute Gasteiger partial charge is 0.100 e. The minimum Gasteiger partial charge on any atom is -0.311 e. The summed E-state index contributed by atoms with van der Waals surface area (Å²) in [7, 11) is 1.93. The first kappa shape index (κ1) is 13.5. The molecule has 2 aromatic heterocycles. The molecule has 3 aromatic rings. The molecule has 106 valence electrons. The van der Waals surface area contributed by atoms with Crippen LogP contribution >= 0.6 is 0 Å². The highest BCUT2D eigenvalue weighted by Gasteiger charge is 2.15. The van der Waals surface area contributed by atoms with Crippen molar-refractivity contribution in [3.05, 3.63) is 72.3 Å². The molecule has 0 amide bonds. The largest absolute Gasteiger partial charge is 0.311 e. The van der Waals surface area contributed by atoms with E-state index in [-0.39, 0.29) is 6.04 Å². The van der Waals surface area contributed by atoms with Gasteiger partial charge in [-0.15, -0.1) is 0 Å². The molecule has 0 saturated heterocycles. The van der Waals surface area contributed by atoms with E-state index >= 15 is 0 Å². The number of benzene rings is 1. The van der Waals surface area contributed by atoms with Crippen molar-refractivity contribution >= 4 is 0 Å². The highest BCUT2D eigenvalue weighted by atomic mass is 15.5. The molecule has 1 N–H and O–H groups in total. The summed E-state index contributed by atoms with van der Waals surface area (Å²) >= 11 is 0. The van der Waals surface area contributed by atoms with Crippen molar-refractivity contribution in [2.75, 3.05) is 7.05 Å². The summed E-state index contributed by atoms with van der Waals surface area (Å²) in [5.41, 5.74) is 2.90. The van der Waals surface area contributed by atoms with Crippen molar-refractivity contribution in [3.8, 4) is 5.69 Å². The second-order valence-corrected chi connectivity index (χ2v) is 4.76. The van der Waals surface area contributed by atoms with E-state index in [0.717, 1.165) is 23.5 Å². The average molecular weight is 279 g/mol. The molecule has 1 aromatic carbocycles. The summed E-state index contributed by atoms with van der Waals surface area (Å²) in [6, 6.07) is 15.9. The molecule has 2 heterocycles. The Labute approximate surface area is 123 Å². The van der Waals surface area contributed by atoms with Gasteiger partial charge in [0.05, 0.1) is 17.9 Å². The van der Waals surface area contributed by atoms with Gasteiger partial charge in [0.2, 0.25) is 0 Å². The van der Waals surface area contributed by atoms with E-state index in [2.05, 4.69) is 20.5 Å². The van der Waals surface area contributed by atoms with Gasteiger partial charge in [0, 0.05) is 18.3 Å². The van der Waals surface area contributed by atoms with Gasteiger partial charge in [-0.05, 0) is 31.3 Å². The fourth-order valence-electron chi connectivity index (χ4n) is 2.20. The zero-order chi connectivity index (χ0) is 14.5. The van der Waals surface area contributed by atoms with Crippen LogP contribution in [-0.2, 0) is 6.42 Å². The Balaban J connectivity index is 1.81. The summed E-state index contributed by atoms with van der Waals surface area (Å²) in [6.45, 7) is 0. The zero-order valence-electron chi connectivity index (χ0n) is 11.8. The van der Waals surface area contributed by atoms with Crippen LogP contribution in [0.1, 0.15) is 17.4 Å². The molecule has 0 fully saturated rings. The molecule has 1 unspecified atom stereocenters. The fourth-order valence-corrected chi connectivity index (χ4v) is 2.20. The molecule has 5 nitrogen and oxygen atoms in total. The van der Waals surface area contributed by atoms with E-state index in [1.807, 2.05) is 61.8 Å². The molecule has 1 atom stereocenters. The maximum absolute atomic E-state index is 4.56. The highest BCUT2D eigenvalue weighted by Crippen LogP contribution is 2.15. The van der Waals surface area contributed by atoms with Crippen LogP contribution in [0.5, 0.6) is 0 Å². The number of likely N-dealkylation sites (N-methyl/N-ethyl adjacent to an activating group) is 1. The number of para-hydroxylation sites is 1. The predicted molar refractivity (Wildman–Crippen MR) is 81.1 cm³/mol. The van der Waals surface area contributed by atoms with E-state index in [9.17, 15) is 0 Å². The maximum Gasteiger partial charge on any atom is 0.100 e. The van der Waals surface area contributed by atoms with Gasteiger partial charge in [-0.1, -0.05) is 24.3 Å². The van der Waals surface area contributed by atoms with Crippen molar-refractivity contribution in [1.82, 2.24) is 25.3 Å². The summed E-state index contributed by atoms with van der Waals surface area (Å²) in [4.78, 5) is 6.01. The number of pyridine rings is 1. The van der Waals surface area contributed by atoms with Gasteiger partial charge in [0.15, 0.2) is 0 Å². The second-order valence-electron chi connectivity index (χ2n) is 4.76. The standard InChI is InChI=1S/C16H17N5/c1-17-15(11-13-7-5-6-10-18-13)16-12-19-21(20-16)14-8-3-2-4-9-14/h2-10,12,15,17H,11H2,1H3. The van der Waals surface area contributed by atoms with Gasteiger partial charge in [-0.25, -0.2) is 0 Å². The van der Waals surface area contributed by atoms with E-state index in [1.54, 1.807) is 11.0 Å². The molecule has 0 aliphatic rings. The number of nitrogens with zero attached hydrogens (tertiary/aromatic N) is 4. The number of aromatic nitrogens is 4. The normalized spacial score (nSPS) is 12.2. The van der Waals surface area contributed by atoms with Crippen LogP contribution in [0.3, 0.4) is 0 Å². The molecular formula is C16H17N5. The second kappa shape index (κ2) is 6.28. The summed E-state index contributed by atoms with van der Waals surface area (Å²) in [5, 5.41) is 12.2. The summed E-state index contributed by atoms with van der Waals surface area (Å²) in [5.74, 6) is 0. The summed E-state index contributed by atoms with van der Waals surface area (Å²) < 4.78 is 0. The molecule has 0 aliphatic heterocycles. The van der Waals surface area contributed by atoms with E-state index in [0.29, 0.717) is 0 Å². The highest BCUT2D eigenvalue weighted by molar-refractivity contribution is 5.28. The Hall–Kier alpha value is -2.53. The zero-order valence-corrected chi connectivity index (χ0v) is 11.8. The van der Waals surface area contributed by atoms with Gasteiger partial charge in [0.1, 0.15) is 5.69 Å².